The molecule has 8 heteroatoms. The third kappa shape index (κ3) is 3.73. The van der Waals surface area contributed by atoms with Crippen LogP contribution in [0.3, 0.4) is 0 Å². The van der Waals surface area contributed by atoms with Gasteiger partial charge in [0.1, 0.15) is 16.3 Å². The van der Waals surface area contributed by atoms with Crippen LogP contribution in [-0.2, 0) is 4.74 Å². The molecule has 1 aliphatic heterocycles. The first-order valence-electron chi connectivity index (χ1n) is 8.90. The maximum absolute atomic E-state index is 12.6. The average molecular weight is 449 g/mol. The second-order valence-electron chi connectivity index (χ2n) is 7.65. The van der Waals surface area contributed by atoms with E-state index in [4.69, 9.17) is 9.72 Å². The Kier molecular flexibility index (Phi) is 4.71. The SMILES string of the molecule is CC(C)(C)OC(=O)N1CCC[C@H]1c1nc(-c2c[nH]c3ncc(Br)cc23)cs1. The van der Waals surface area contributed by atoms with E-state index in [1.54, 1.807) is 22.4 Å². The Morgan fingerprint density at radius 3 is 3.04 bits per heavy atom. The van der Waals surface area contributed by atoms with E-state index in [9.17, 15) is 4.79 Å². The van der Waals surface area contributed by atoms with Gasteiger partial charge in [-0.3, -0.25) is 4.90 Å². The van der Waals surface area contributed by atoms with Gasteiger partial charge < -0.3 is 9.72 Å². The summed E-state index contributed by atoms with van der Waals surface area (Å²) in [5.74, 6) is 0. The summed E-state index contributed by atoms with van der Waals surface area (Å²) in [4.78, 5) is 26.8. The monoisotopic (exact) mass is 448 g/mol. The van der Waals surface area contributed by atoms with Crippen LogP contribution in [0.15, 0.2) is 28.3 Å². The minimum Gasteiger partial charge on any atom is -0.444 e. The molecule has 3 aromatic heterocycles. The predicted molar refractivity (Wildman–Crippen MR) is 110 cm³/mol. The Morgan fingerprint density at radius 2 is 2.26 bits per heavy atom. The topological polar surface area (TPSA) is 71.1 Å². The van der Waals surface area contributed by atoms with Gasteiger partial charge in [-0.15, -0.1) is 11.3 Å². The summed E-state index contributed by atoms with van der Waals surface area (Å²) in [6.07, 6.45) is 5.31. The fourth-order valence-electron chi connectivity index (χ4n) is 3.32. The van der Waals surface area contributed by atoms with Gasteiger partial charge in [0.2, 0.25) is 0 Å². The van der Waals surface area contributed by atoms with Crippen molar-refractivity contribution in [1.29, 1.82) is 0 Å². The molecule has 0 aromatic carbocycles. The molecule has 6 nitrogen and oxygen atoms in total. The number of aromatic amines is 1. The number of hydrogen-bond donors (Lipinski definition) is 1. The van der Waals surface area contributed by atoms with Gasteiger partial charge in [0.25, 0.3) is 0 Å². The predicted octanol–water partition coefficient (Wildman–Crippen LogP) is 5.52. The Labute approximate surface area is 170 Å². The van der Waals surface area contributed by atoms with Gasteiger partial charge in [0, 0.05) is 39.7 Å². The Balaban J connectivity index is 1.62. The highest BCUT2D eigenvalue weighted by molar-refractivity contribution is 9.10. The molecule has 1 amide bonds. The molecule has 0 saturated carbocycles. The Bertz CT molecular complexity index is 991. The molecule has 0 bridgehead atoms. The highest BCUT2D eigenvalue weighted by Crippen LogP contribution is 2.37. The molecule has 0 aliphatic carbocycles. The fraction of sp³-hybridized carbons (Fsp3) is 0.421. The van der Waals surface area contributed by atoms with E-state index in [-0.39, 0.29) is 12.1 Å². The summed E-state index contributed by atoms with van der Waals surface area (Å²) in [6, 6.07) is 2.02. The third-order valence-corrected chi connectivity index (χ3v) is 5.84. The van der Waals surface area contributed by atoms with Crippen molar-refractivity contribution >= 4 is 44.4 Å². The smallest absolute Gasteiger partial charge is 0.410 e. The summed E-state index contributed by atoms with van der Waals surface area (Å²) in [5.41, 5.74) is 2.25. The van der Waals surface area contributed by atoms with Gasteiger partial charge in [0.05, 0.1) is 11.7 Å². The number of likely N-dealkylation sites (tertiary alicyclic amines) is 1. The van der Waals surface area contributed by atoms with Crippen LogP contribution in [0.2, 0.25) is 0 Å². The average Bonchev–Trinajstić information content (AvgIpc) is 3.31. The van der Waals surface area contributed by atoms with Crippen molar-refractivity contribution in [3.8, 4) is 11.3 Å². The number of nitrogens with zero attached hydrogens (tertiary/aromatic N) is 3. The van der Waals surface area contributed by atoms with Crippen LogP contribution >= 0.6 is 27.3 Å². The first-order valence-corrected chi connectivity index (χ1v) is 10.6. The molecule has 1 aliphatic rings. The number of rotatable bonds is 2. The number of ether oxygens (including phenoxy) is 1. The van der Waals surface area contributed by atoms with Crippen molar-refractivity contribution < 1.29 is 9.53 Å². The van der Waals surface area contributed by atoms with Crippen LogP contribution in [0.25, 0.3) is 22.3 Å². The van der Waals surface area contributed by atoms with Crippen molar-refractivity contribution in [3.63, 3.8) is 0 Å². The summed E-state index contributed by atoms with van der Waals surface area (Å²) < 4.78 is 6.50. The van der Waals surface area contributed by atoms with Gasteiger partial charge in [-0.2, -0.15) is 0 Å². The van der Waals surface area contributed by atoms with Crippen molar-refractivity contribution in [2.45, 2.75) is 45.3 Å². The summed E-state index contributed by atoms with van der Waals surface area (Å²) in [5, 5.41) is 4.02. The van der Waals surface area contributed by atoms with Gasteiger partial charge in [-0.05, 0) is 55.6 Å². The highest BCUT2D eigenvalue weighted by Gasteiger charge is 2.35. The number of aromatic nitrogens is 3. The van der Waals surface area contributed by atoms with E-state index in [0.717, 1.165) is 44.6 Å². The molecule has 0 spiro atoms. The maximum atomic E-state index is 12.6. The molecule has 1 N–H and O–H groups in total. The lowest BCUT2D eigenvalue weighted by molar-refractivity contribution is 0.0224. The number of pyridine rings is 1. The molecule has 0 radical (unpaired) electrons. The van der Waals surface area contributed by atoms with E-state index < -0.39 is 5.60 Å². The lowest BCUT2D eigenvalue weighted by Gasteiger charge is -2.27. The number of thiazole rings is 1. The number of carbonyl (C=O) groups excluding carboxylic acids is 1. The second kappa shape index (κ2) is 6.91. The number of H-pyrrole nitrogens is 1. The van der Waals surface area contributed by atoms with Gasteiger partial charge in [-0.25, -0.2) is 14.8 Å². The molecule has 4 heterocycles. The summed E-state index contributed by atoms with van der Waals surface area (Å²) in [6.45, 7) is 6.38. The normalized spacial score (nSPS) is 17.6. The van der Waals surface area contributed by atoms with E-state index in [1.165, 1.54) is 0 Å². The van der Waals surface area contributed by atoms with Crippen molar-refractivity contribution in [3.05, 3.63) is 33.3 Å². The number of halogens is 1. The number of fused-ring (bicyclic) bond motifs is 1. The minimum absolute atomic E-state index is 0.0198. The summed E-state index contributed by atoms with van der Waals surface area (Å²) in [7, 11) is 0. The van der Waals surface area contributed by atoms with Crippen LogP contribution in [-0.4, -0.2) is 38.1 Å². The maximum Gasteiger partial charge on any atom is 0.410 e. The number of hydrogen-bond acceptors (Lipinski definition) is 5. The lowest BCUT2D eigenvalue weighted by atomic mass is 10.2. The Hall–Kier alpha value is -1.93. The zero-order valence-corrected chi connectivity index (χ0v) is 17.9. The zero-order valence-electron chi connectivity index (χ0n) is 15.5. The van der Waals surface area contributed by atoms with Crippen LogP contribution in [0.1, 0.15) is 44.7 Å². The van der Waals surface area contributed by atoms with Crippen LogP contribution in [0.5, 0.6) is 0 Å². The van der Waals surface area contributed by atoms with Gasteiger partial charge >= 0.3 is 6.09 Å². The molecule has 1 saturated heterocycles. The standard InChI is InChI=1S/C19H21BrN4O2S/c1-19(2,3)26-18(25)24-6-4-5-15(24)17-23-14(10-27-17)13-9-22-16-12(13)7-11(20)8-21-16/h7-10,15H,4-6H2,1-3H3,(H,21,22)/t15-/m0/s1. The molecular formula is C19H21BrN4O2S. The zero-order chi connectivity index (χ0) is 19.2. The van der Waals surface area contributed by atoms with E-state index in [2.05, 4.69) is 25.9 Å². The molecule has 1 fully saturated rings. The molecule has 27 heavy (non-hydrogen) atoms. The third-order valence-electron chi connectivity index (χ3n) is 4.46. The van der Waals surface area contributed by atoms with Crippen molar-refractivity contribution in [1.82, 2.24) is 19.9 Å². The molecule has 3 aromatic rings. The van der Waals surface area contributed by atoms with Crippen LogP contribution in [0, 0.1) is 0 Å². The molecule has 0 unspecified atom stereocenters. The van der Waals surface area contributed by atoms with Crippen molar-refractivity contribution in [2.75, 3.05) is 6.54 Å². The number of nitrogens with one attached hydrogen (secondary N) is 1. The first kappa shape index (κ1) is 18.4. The van der Waals surface area contributed by atoms with E-state index >= 15 is 0 Å². The van der Waals surface area contributed by atoms with Crippen molar-refractivity contribution in [2.24, 2.45) is 0 Å². The first-order chi connectivity index (χ1) is 12.8. The molecular weight excluding hydrogens is 428 g/mol. The van der Waals surface area contributed by atoms with Crippen LogP contribution in [0.4, 0.5) is 4.79 Å². The molecule has 4 rings (SSSR count). The fourth-order valence-corrected chi connectivity index (χ4v) is 4.61. The quantitative estimate of drug-likeness (QED) is 0.559. The molecule has 1 atom stereocenters. The van der Waals surface area contributed by atoms with Gasteiger partial charge in [-0.1, -0.05) is 0 Å². The largest absolute Gasteiger partial charge is 0.444 e. The number of carbonyl (C=O) groups is 1. The summed E-state index contributed by atoms with van der Waals surface area (Å²) >= 11 is 5.07. The minimum atomic E-state index is -0.497. The lowest BCUT2D eigenvalue weighted by Crippen LogP contribution is -2.36. The molecule has 142 valence electrons. The highest BCUT2D eigenvalue weighted by atomic mass is 79.9. The second-order valence-corrected chi connectivity index (χ2v) is 9.46. The Morgan fingerprint density at radius 1 is 1.44 bits per heavy atom. The number of amides is 1. The van der Waals surface area contributed by atoms with E-state index in [1.807, 2.05) is 38.4 Å². The van der Waals surface area contributed by atoms with Crippen LogP contribution < -0.4 is 0 Å². The van der Waals surface area contributed by atoms with Gasteiger partial charge in [0.15, 0.2) is 0 Å². The van der Waals surface area contributed by atoms with E-state index in [0.29, 0.717) is 6.54 Å².